The summed E-state index contributed by atoms with van der Waals surface area (Å²) in [5, 5.41) is 2.01. The van der Waals surface area contributed by atoms with Crippen molar-refractivity contribution >= 4 is 11.8 Å². The number of thioether (sulfide) groups is 1. The van der Waals surface area contributed by atoms with E-state index in [-0.39, 0.29) is 0 Å². The van der Waals surface area contributed by atoms with E-state index in [4.69, 9.17) is 6.58 Å². The molecule has 0 spiro atoms. The molecule has 0 saturated carbocycles. The van der Waals surface area contributed by atoms with E-state index in [0.29, 0.717) is 0 Å². The third-order valence-electron chi connectivity index (χ3n) is 0.635. The van der Waals surface area contributed by atoms with E-state index in [1.165, 1.54) is 0 Å². The van der Waals surface area contributed by atoms with Crippen LogP contribution in [0.5, 0.6) is 0 Å². The van der Waals surface area contributed by atoms with Crippen LogP contribution in [0.1, 0.15) is 6.42 Å². The van der Waals surface area contributed by atoms with Gasteiger partial charge in [0.05, 0.1) is 0 Å². The van der Waals surface area contributed by atoms with Gasteiger partial charge in [-0.3, -0.25) is 0 Å². The van der Waals surface area contributed by atoms with E-state index in [2.05, 4.69) is 6.08 Å². The molecule has 0 fully saturated rings. The van der Waals surface area contributed by atoms with Crippen LogP contribution < -0.4 is 0 Å². The molecule has 0 N–H and O–H groups in total. The molecule has 0 bridgehead atoms. The van der Waals surface area contributed by atoms with Crippen molar-refractivity contribution in [1.82, 2.24) is 0 Å². The summed E-state index contributed by atoms with van der Waals surface area (Å²) in [5.41, 5.74) is 0. The van der Waals surface area contributed by atoms with Gasteiger partial charge >= 0.3 is 0 Å². The highest BCUT2D eigenvalue weighted by atomic mass is 32.2. The van der Waals surface area contributed by atoms with E-state index in [9.17, 15) is 0 Å². The lowest BCUT2D eigenvalue weighted by Crippen LogP contribution is -1.54. The molecule has 1 rings (SSSR count). The van der Waals surface area contributed by atoms with Crippen LogP contribution in [0.25, 0.3) is 0 Å². The van der Waals surface area contributed by atoms with Gasteiger partial charge in [-0.25, -0.2) is 0 Å². The number of hydrogen-bond acceptors (Lipinski definition) is 1. The molecule has 0 unspecified atom stereocenters. The number of allylic oxidation sites excluding steroid dienone is 2. The summed E-state index contributed by atoms with van der Waals surface area (Å²) in [6.45, 7) is 5.35. The first-order valence-electron chi connectivity index (χ1n) is 1.82. The molecule has 1 heterocycles. The molecule has 0 aromatic heterocycles. The lowest BCUT2D eigenvalue weighted by atomic mass is 10.4. The SMILES string of the molecule is [CH+]=C1CC=CS1. The Kier molecular flexibility index (Phi) is 0.952. The van der Waals surface area contributed by atoms with Gasteiger partial charge in [-0.1, -0.05) is 6.08 Å². The zero-order valence-corrected chi connectivity index (χ0v) is 4.16. The summed E-state index contributed by atoms with van der Waals surface area (Å²) < 4.78 is 0. The smallest absolute Gasteiger partial charge is 0.0681 e. The molecule has 1 aliphatic rings. The Morgan fingerprint density at radius 3 is 2.83 bits per heavy atom. The monoisotopic (exact) mass is 97.0 g/mol. The molecule has 0 radical (unpaired) electrons. The molecule has 0 atom stereocenters. The summed E-state index contributed by atoms with van der Waals surface area (Å²) in [5.74, 6) is 0. The molecule has 0 nitrogen and oxygen atoms in total. The molecular formula is C5H5S+. The Labute approximate surface area is 41.9 Å². The molecular weight excluding hydrogens is 92.1 g/mol. The minimum absolute atomic E-state index is 0.963. The van der Waals surface area contributed by atoms with Crippen molar-refractivity contribution in [3.63, 3.8) is 0 Å². The van der Waals surface area contributed by atoms with Crippen LogP contribution >= 0.6 is 11.8 Å². The average molecular weight is 97.2 g/mol. The molecule has 0 amide bonds. The molecule has 1 heteroatoms. The maximum Gasteiger partial charge on any atom is 0.227 e. The first-order valence-corrected chi connectivity index (χ1v) is 2.70. The summed E-state index contributed by atoms with van der Waals surface area (Å²) in [4.78, 5) is 1.01. The van der Waals surface area contributed by atoms with Crippen LogP contribution in [0.4, 0.5) is 0 Å². The highest BCUT2D eigenvalue weighted by molar-refractivity contribution is 8.06. The van der Waals surface area contributed by atoms with Crippen LogP contribution in [0, 0.1) is 6.58 Å². The van der Waals surface area contributed by atoms with E-state index in [0.717, 1.165) is 11.3 Å². The maximum atomic E-state index is 5.35. The van der Waals surface area contributed by atoms with Crippen molar-refractivity contribution in [3.8, 4) is 0 Å². The van der Waals surface area contributed by atoms with Crippen molar-refractivity contribution in [2.75, 3.05) is 0 Å². The van der Waals surface area contributed by atoms with Gasteiger partial charge in [0, 0.05) is 6.42 Å². The second-order valence-corrected chi connectivity index (χ2v) is 2.19. The zero-order valence-electron chi connectivity index (χ0n) is 3.35. The predicted octanol–water partition coefficient (Wildman–Crippen LogP) is 1.95. The summed E-state index contributed by atoms with van der Waals surface area (Å²) in [6, 6.07) is 0. The van der Waals surface area contributed by atoms with E-state index >= 15 is 0 Å². The lowest BCUT2D eigenvalue weighted by molar-refractivity contribution is 1.40. The topological polar surface area (TPSA) is 0 Å². The average Bonchev–Trinajstić information content (AvgIpc) is 1.86. The van der Waals surface area contributed by atoms with E-state index in [1.54, 1.807) is 11.8 Å². The Morgan fingerprint density at radius 2 is 2.67 bits per heavy atom. The number of hydrogen-bond donors (Lipinski definition) is 0. The highest BCUT2D eigenvalue weighted by Crippen LogP contribution is 2.24. The van der Waals surface area contributed by atoms with Crippen LogP contribution in [0.15, 0.2) is 16.4 Å². The van der Waals surface area contributed by atoms with Crippen molar-refractivity contribution < 1.29 is 0 Å². The first-order chi connectivity index (χ1) is 2.89. The quantitative estimate of drug-likeness (QED) is 0.416. The summed E-state index contributed by atoms with van der Waals surface area (Å²) in [6.07, 6.45) is 3.02. The Balaban J connectivity index is 2.52. The van der Waals surface area contributed by atoms with Gasteiger partial charge in [-0.15, -0.1) is 0 Å². The van der Waals surface area contributed by atoms with Gasteiger partial charge in [0.2, 0.25) is 11.5 Å². The van der Waals surface area contributed by atoms with Gasteiger partial charge in [0.15, 0.2) is 0 Å². The molecule has 0 aromatic rings. The van der Waals surface area contributed by atoms with Crippen molar-refractivity contribution in [2.45, 2.75) is 6.42 Å². The summed E-state index contributed by atoms with van der Waals surface area (Å²) >= 11 is 1.61. The van der Waals surface area contributed by atoms with Gasteiger partial charge in [0.1, 0.15) is 0 Å². The molecule has 1 aliphatic heterocycles. The van der Waals surface area contributed by atoms with Gasteiger partial charge < -0.3 is 0 Å². The third kappa shape index (κ3) is 0.618. The third-order valence-corrected chi connectivity index (χ3v) is 1.43. The molecule has 6 heavy (non-hydrogen) atoms. The van der Waals surface area contributed by atoms with E-state index < -0.39 is 0 Å². The zero-order chi connectivity index (χ0) is 4.41. The minimum Gasteiger partial charge on any atom is -0.0681 e. The summed E-state index contributed by atoms with van der Waals surface area (Å²) in [7, 11) is 0. The van der Waals surface area contributed by atoms with Crippen molar-refractivity contribution in [1.29, 1.82) is 0 Å². The van der Waals surface area contributed by atoms with Gasteiger partial charge in [-0.2, -0.15) is 0 Å². The Hall–Kier alpha value is -0.260. The standard InChI is InChI=1S/C5H5S/c1-5-3-2-4-6-5/h1-2,4H,3H2/q+1. The Morgan fingerprint density at radius 1 is 1.83 bits per heavy atom. The van der Waals surface area contributed by atoms with Gasteiger partial charge in [0.25, 0.3) is 0 Å². The highest BCUT2D eigenvalue weighted by Gasteiger charge is 2.04. The maximum absolute atomic E-state index is 5.35. The second kappa shape index (κ2) is 1.46. The lowest BCUT2D eigenvalue weighted by Gasteiger charge is -1.66. The minimum atomic E-state index is 0.963. The van der Waals surface area contributed by atoms with Crippen LogP contribution in [0.3, 0.4) is 0 Å². The van der Waals surface area contributed by atoms with Gasteiger partial charge in [-0.05, 0) is 17.2 Å². The van der Waals surface area contributed by atoms with Crippen LogP contribution in [-0.2, 0) is 0 Å². The normalized spacial score (nSPS) is 19.5. The fourth-order valence-electron chi connectivity index (χ4n) is 0.348. The molecule has 0 saturated heterocycles. The predicted molar refractivity (Wildman–Crippen MR) is 29.2 cm³/mol. The van der Waals surface area contributed by atoms with Crippen molar-refractivity contribution in [3.05, 3.63) is 23.0 Å². The second-order valence-electron chi connectivity index (χ2n) is 1.16. The first kappa shape index (κ1) is 3.91. The van der Waals surface area contributed by atoms with Crippen LogP contribution in [-0.4, -0.2) is 0 Å². The fraction of sp³-hybridized carbons (Fsp3) is 0.200. The largest absolute Gasteiger partial charge is 0.227 e. The fourth-order valence-corrected chi connectivity index (χ4v) is 0.908. The molecule has 0 aliphatic carbocycles. The van der Waals surface area contributed by atoms with Crippen molar-refractivity contribution in [2.24, 2.45) is 0 Å². The molecule has 0 aromatic carbocycles. The molecule has 30 valence electrons. The van der Waals surface area contributed by atoms with Crippen LogP contribution in [0.2, 0.25) is 0 Å². The van der Waals surface area contributed by atoms with E-state index in [1.807, 2.05) is 5.41 Å². The number of rotatable bonds is 0. The Bertz CT molecular complexity index is 82.1.